The Labute approximate surface area is 173 Å². The summed E-state index contributed by atoms with van der Waals surface area (Å²) < 4.78 is 7.43. The SMILES string of the molecule is COc1ccc(-c2cn3ccccc3n2)cc1NC(=O)c1ccc2ccccc2c1. The lowest BCUT2D eigenvalue weighted by Crippen LogP contribution is -2.12. The van der Waals surface area contributed by atoms with Crippen LogP contribution in [0.3, 0.4) is 0 Å². The van der Waals surface area contributed by atoms with Crippen LogP contribution in [0.5, 0.6) is 5.75 Å². The molecule has 2 aromatic heterocycles. The van der Waals surface area contributed by atoms with Gasteiger partial charge in [-0.3, -0.25) is 4.79 Å². The van der Waals surface area contributed by atoms with Gasteiger partial charge in [0.1, 0.15) is 11.4 Å². The minimum Gasteiger partial charge on any atom is -0.495 e. The van der Waals surface area contributed by atoms with Crippen LogP contribution < -0.4 is 10.1 Å². The molecule has 0 saturated carbocycles. The van der Waals surface area contributed by atoms with Crippen LogP contribution >= 0.6 is 0 Å². The number of nitrogens with one attached hydrogen (secondary N) is 1. The van der Waals surface area contributed by atoms with Gasteiger partial charge >= 0.3 is 0 Å². The summed E-state index contributed by atoms with van der Waals surface area (Å²) in [5.41, 5.74) is 3.78. The third-order valence-electron chi connectivity index (χ3n) is 5.12. The van der Waals surface area contributed by atoms with Crippen molar-refractivity contribution < 1.29 is 9.53 Å². The lowest BCUT2D eigenvalue weighted by atomic mass is 10.1. The number of amides is 1. The summed E-state index contributed by atoms with van der Waals surface area (Å²) in [6, 6.07) is 25.2. The largest absolute Gasteiger partial charge is 0.495 e. The van der Waals surface area contributed by atoms with E-state index in [1.54, 1.807) is 7.11 Å². The number of carbonyl (C=O) groups is 1. The normalized spacial score (nSPS) is 11.0. The summed E-state index contributed by atoms with van der Waals surface area (Å²) in [6.45, 7) is 0. The standard InChI is InChI=1S/C25H19N3O2/c1-30-23-12-11-19(22-16-28-13-5-4-8-24(28)26-22)15-21(23)27-25(29)20-10-9-17-6-2-3-7-18(17)14-20/h2-16H,1H3,(H,27,29). The van der Waals surface area contributed by atoms with Gasteiger partial charge in [0.2, 0.25) is 0 Å². The van der Waals surface area contributed by atoms with Crippen LogP contribution in [0.1, 0.15) is 10.4 Å². The highest BCUT2D eigenvalue weighted by atomic mass is 16.5. The molecule has 1 amide bonds. The van der Waals surface area contributed by atoms with Crippen molar-refractivity contribution in [1.29, 1.82) is 0 Å². The lowest BCUT2D eigenvalue weighted by molar-refractivity contribution is 0.102. The Morgan fingerprint density at radius 3 is 2.60 bits per heavy atom. The van der Waals surface area contributed by atoms with E-state index >= 15 is 0 Å². The van der Waals surface area contributed by atoms with E-state index in [0.717, 1.165) is 27.7 Å². The van der Waals surface area contributed by atoms with Crippen molar-refractivity contribution in [3.63, 3.8) is 0 Å². The smallest absolute Gasteiger partial charge is 0.255 e. The van der Waals surface area contributed by atoms with Crippen LogP contribution in [0.2, 0.25) is 0 Å². The second kappa shape index (κ2) is 7.37. The van der Waals surface area contributed by atoms with Crippen LogP contribution in [0, 0.1) is 0 Å². The second-order valence-corrected chi connectivity index (χ2v) is 7.02. The lowest BCUT2D eigenvalue weighted by Gasteiger charge is -2.12. The Morgan fingerprint density at radius 1 is 0.933 bits per heavy atom. The van der Waals surface area contributed by atoms with Gasteiger partial charge in [0.15, 0.2) is 0 Å². The molecule has 0 aliphatic rings. The summed E-state index contributed by atoms with van der Waals surface area (Å²) in [4.78, 5) is 17.6. The summed E-state index contributed by atoms with van der Waals surface area (Å²) in [7, 11) is 1.59. The van der Waals surface area contributed by atoms with Crippen molar-refractivity contribution in [1.82, 2.24) is 9.38 Å². The maximum absolute atomic E-state index is 12.9. The van der Waals surface area contributed by atoms with Gasteiger partial charge in [-0.1, -0.05) is 36.4 Å². The molecule has 5 rings (SSSR count). The summed E-state index contributed by atoms with van der Waals surface area (Å²) in [5.74, 6) is 0.405. The molecule has 0 aliphatic heterocycles. The monoisotopic (exact) mass is 393 g/mol. The molecular weight excluding hydrogens is 374 g/mol. The fourth-order valence-electron chi connectivity index (χ4n) is 3.56. The molecule has 0 saturated heterocycles. The number of rotatable bonds is 4. The number of anilines is 1. The average molecular weight is 393 g/mol. The molecule has 0 aliphatic carbocycles. The van der Waals surface area contributed by atoms with Gasteiger partial charge in [-0.25, -0.2) is 4.98 Å². The van der Waals surface area contributed by atoms with Crippen LogP contribution in [-0.4, -0.2) is 22.4 Å². The van der Waals surface area contributed by atoms with Crippen molar-refractivity contribution in [2.75, 3.05) is 12.4 Å². The first kappa shape index (κ1) is 17.9. The van der Waals surface area contributed by atoms with Crippen molar-refractivity contribution in [2.45, 2.75) is 0 Å². The Balaban J connectivity index is 1.49. The fourth-order valence-corrected chi connectivity index (χ4v) is 3.56. The van der Waals surface area contributed by atoms with Gasteiger partial charge in [0.05, 0.1) is 18.5 Å². The number of hydrogen-bond donors (Lipinski definition) is 1. The first-order valence-electron chi connectivity index (χ1n) is 9.63. The molecule has 30 heavy (non-hydrogen) atoms. The molecule has 0 radical (unpaired) electrons. The van der Waals surface area contributed by atoms with E-state index in [-0.39, 0.29) is 5.91 Å². The van der Waals surface area contributed by atoms with E-state index in [9.17, 15) is 4.79 Å². The Kier molecular flexibility index (Phi) is 4.41. The number of hydrogen-bond acceptors (Lipinski definition) is 3. The van der Waals surface area contributed by atoms with E-state index in [1.165, 1.54) is 0 Å². The quantitative estimate of drug-likeness (QED) is 0.444. The number of nitrogens with zero attached hydrogens (tertiary/aromatic N) is 2. The predicted molar refractivity (Wildman–Crippen MR) is 119 cm³/mol. The highest BCUT2D eigenvalue weighted by molar-refractivity contribution is 6.07. The van der Waals surface area contributed by atoms with Crippen molar-refractivity contribution in [3.05, 3.63) is 96.8 Å². The molecular formula is C25H19N3O2. The number of methoxy groups -OCH3 is 1. The molecule has 5 heteroatoms. The second-order valence-electron chi connectivity index (χ2n) is 7.02. The first-order valence-corrected chi connectivity index (χ1v) is 9.63. The number of aromatic nitrogens is 2. The number of imidazole rings is 1. The predicted octanol–water partition coefficient (Wildman–Crippen LogP) is 5.42. The molecule has 1 N–H and O–H groups in total. The molecule has 0 fully saturated rings. The molecule has 0 unspecified atom stereocenters. The van der Waals surface area contributed by atoms with E-state index < -0.39 is 0 Å². The summed E-state index contributed by atoms with van der Waals surface area (Å²) >= 11 is 0. The van der Waals surface area contributed by atoms with Gasteiger partial charge < -0.3 is 14.5 Å². The molecule has 0 spiro atoms. The van der Waals surface area contributed by atoms with Crippen molar-refractivity contribution in [3.8, 4) is 17.0 Å². The number of ether oxygens (including phenoxy) is 1. The number of pyridine rings is 1. The van der Waals surface area contributed by atoms with E-state index in [4.69, 9.17) is 4.74 Å². The van der Waals surface area contributed by atoms with Crippen LogP contribution in [0.4, 0.5) is 5.69 Å². The minimum absolute atomic E-state index is 0.189. The maximum Gasteiger partial charge on any atom is 0.255 e. The molecule has 2 heterocycles. The van der Waals surface area contributed by atoms with E-state index in [1.807, 2.05) is 95.7 Å². The molecule has 3 aromatic carbocycles. The van der Waals surface area contributed by atoms with Crippen LogP contribution in [0.25, 0.3) is 27.7 Å². The van der Waals surface area contributed by atoms with Crippen molar-refractivity contribution >= 4 is 28.0 Å². The van der Waals surface area contributed by atoms with E-state index in [0.29, 0.717) is 17.0 Å². The van der Waals surface area contributed by atoms with Gasteiger partial charge in [-0.15, -0.1) is 0 Å². The topological polar surface area (TPSA) is 55.6 Å². The highest BCUT2D eigenvalue weighted by Gasteiger charge is 2.13. The van der Waals surface area contributed by atoms with Gasteiger partial charge in [-0.05, 0) is 53.2 Å². The van der Waals surface area contributed by atoms with Gasteiger partial charge in [0, 0.05) is 23.5 Å². The first-order chi connectivity index (χ1) is 14.7. The number of fused-ring (bicyclic) bond motifs is 2. The van der Waals surface area contributed by atoms with Gasteiger partial charge in [-0.2, -0.15) is 0 Å². The molecule has 0 atom stereocenters. The van der Waals surface area contributed by atoms with Gasteiger partial charge in [0.25, 0.3) is 5.91 Å². The number of benzene rings is 3. The Hall–Kier alpha value is -4.12. The molecule has 146 valence electrons. The highest BCUT2D eigenvalue weighted by Crippen LogP contribution is 2.31. The van der Waals surface area contributed by atoms with Crippen molar-refractivity contribution in [2.24, 2.45) is 0 Å². The molecule has 5 nitrogen and oxygen atoms in total. The molecule has 0 bridgehead atoms. The summed E-state index contributed by atoms with van der Waals surface area (Å²) in [6.07, 6.45) is 3.92. The van der Waals surface area contributed by atoms with Crippen LogP contribution in [-0.2, 0) is 0 Å². The zero-order chi connectivity index (χ0) is 20.5. The zero-order valence-corrected chi connectivity index (χ0v) is 16.4. The zero-order valence-electron chi connectivity index (χ0n) is 16.4. The Bertz CT molecular complexity index is 1350. The van der Waals surface area contributed by atoms with Crippen LogP contribution in [0.15, 0.2) is 91.3 Å². The fraction of sp³-hybridized carbons (Fsp3) is 0.0400. The number of carbonyl (C=O) groups excluding carboxylic acids is 1. The third kappa shape index (κ3) is 3.26. The maximum atomic E-state index is 12.9. The third-order valence-corrected chi connectivity index (χ3v) is 5.12. The van der Waals surface area contributed by atoms with E-state index in [2.05, 4.69) is 10.3 Å². The average Bonchev–Trinajstić information content (AvgIpc) is 3.23. The minimum atomic E-state index is -0.189. The Morgan fingerprint density at radius 2 is 1.77 bits per heavy atom. The molecule has 5 aromatic rings. The summed E-state index contributed by atoms with van der Waals surface area (Å²) in [5, 5.41) is 5.11.